The molecule has 0 aromatic carbocycles. The lowest BCUT2D eigenvalue weighted by Crippen LogP contribution is -2.45. The number of unbranched alkanes of at least 4 members (excludes halogenated alkanes) is 53. The maximum Gasteiger partial charge on any atom is 0.305 e. The van der Waals surface area contributed by atoms with Crippen LogP contribution in [0.4, 0.5) is 0 Å². The molecule has 0 aliphatic carbocycles. The molecule has 0 rings (SSSR count). The molecule has 1 amide bonds. The second-order valence-electron chi connectivity index (χ2n) is 24.2. The van der Waals surface area contributed by atoms with E-state index in [0.29, 0.717) is 25.9 Å². The van der Waals surface area contributed by atoms with Crippen LogP contribution < -0.4 is 5.32 Å². The molecule has 0 radical (unpaired) electrons. The van der Waals surface area contributed by atoms with E-state index in [9.17, 15) is 19.8 Å². The number of esters is 1. The number of aliphatic hydroxyl groups is 2. The Hall–Kier alpha value is -1.40. The van der Waals surface area contributed by atoms with E-state index in [1.807, 2.05) is 0 Å². The average molecular weight is 1070 g/mol. The number of carbonyl (C=O) groups is 2. The number of aliphatic hydroxyl groups excluding tert-OH is 2. The molecule has 0 aliphatic heterocycles. The lowest BCUT2D eigenvalue weighted by molar-refractivity contribution is -0.143. The number of hydrogen-bond donors (Lipinski definition) is 3. The fourth-order valence-electron chi connectivity index (χ4n) is 11.2. The van der Waals surface area contributed by atoms with Gasteiger partial charge < -0.3 is 20.3 Å². The van der Waals surface area contributed by atoms with Crippen LogP contribution in [0.1, 0.15) is 399 Å². The first-order chi connectivity index (χ1) is 37.5. The normalized spacial score (nSPS) is 12.5. The number of nitrogens with one attached hydrogen (secondary N) is 1. The Bertz CT molecular complexity index is 1140. The van der Waals surface area contributed by atoms with Crippen LogP contribution >= 0.6 is 0 Å². The van der Waals surface area contributed by atoms with Gasteiger partial charge in [-0.2, -0.15) is 0 Å². The van der Waals surface area contributed by atoms with Crippen molar-refractivity contribution in [2.45, 2.75) is 411 Å². The third kappa shape index (κ3) is 61.8. The van der Waals surface area contributed by atoms with Crippen molar-refractivity contribution in [1.29, 1.82) is 0 Å². The molecule has 76 heavy (non-hydrogen) atoms. The van der Waals surface area contributed by atoms with Gasteiger partial charge in [0.15, 0.2) is 0 Å². The molecule has 0 aliphatic rings. The smallest absolute Gasteiger partial charge is 0.305 e. The van der Waals surface area contributed by atoms with Crippen molar-refractivity contribution in [2.24, 2.45) is 0 Å². The maximum atomic E-state index is 12.5. The molecule has 0 bridgehead atoms. The predicted molar refractivity (Wildman–Crippen MR) is 333 cm³/mol. The van der Waals surface area contributed by atoms with Gasteiger partial charge in [-0.3, -0.25) is 9.59 Å². The van der Waals surface area contributed by atoms with Gasteiger partial charge >= 0.3 is 5.97 Å². The number of ether oxygens (including phenoxy) is 1. The highest BCUT2D eigenvalue weighted by Gasteiger charge is 2.20. The minimum Gasteiger partial charge on any atom is -0.466 e. The predicted octanol–water partition coefficient (Wildman–Crippen LogP) is 22.4. The summed E-state index contributed by atoms with van der Waals surface area (Å²) in [5, 5.41) is 23.4. The summed E-state index contributed by atoms with van der Waals surface area (Å²) in [6, 6.07) is -0.549. The van der Waals surface area contributed by atoms with E-state index in [1.54, 1.807) is 0 Å². The minimum absolute atomic E-state index is 0.0101. The number of rotatable bonds is 66. The molecule has 2 atom stereocenters. The molecule has 0 heterocycles. The van der Waals surface area contributed by atoms with Gasteiger partial charge in [0.1, 0.15) is 0 Å². The summed E-state index contributed by atoms with van der Waals surface area (Å²) in [6.45, 7) is 4.99. The maximum absolute atomic E-state index is 12.5. The largest absolute Gasteiger partial charge is 0.466 e. The van der Waals surface area contributed by atoms with Gasteiger partial charge in [-0.1, -0.05) is 347 Å². The Morgan fingerprint density at radius 1 is 0.355 bits per heavy atom. The average Bonchev–Trinajstić information content (AvgIpc) is 3.42. The monoisotopic (exact) mass is 1070 g/mol. The highest BCUT2D eigenvalue weighted by molar-refractivity contribution is 5.76. The molecule has 6 heteroatoms. The molecule has 0 saturated carbocycles. The van der Waals surface area contributed by atoms with Crippen LogP contribution in [-0.2, 0) is 14.3 Å². The number of amides is 1. The standard InChI is InChI=1S/C70H137NO5/c1-3-5-7-9-11-13-15-17-19-21-23-24-27-30-34-38-42-46-50-54-58-62-68(73)67(66-72)71-69(74)63-59-55-51-47-43-39-35-31-28-25-29-33-37-41-45-49-53-57-61-65-76-70(75)64-60-56-52-48-44-40-36-32-26-22-20-18-16-14-12-10-8-6-4-2/h25,28,67-68,72-73H,3-24,26-27,29-66H2,1-2H3,(H,71,74)/b28-25-. The van der Waals surface area contributed by atoms with Gasteiger partial charge in [0.2, 0.25) is 5.91 Å². The topological polar surface area (TPSA) is 95.9 Å². The second-order valence-corrected chi connectivity index (χ2v) is 24.2. The van der Waals surface area contributed by atoms with E-state index in [2.05, 4.69) is 31.3 Å². The summed E-state index contributed by atoms with van der Waals surface area (Å²) in [6.07, 6.45) is 81.0. The molecule has 2 unspecified atom stereocenters. The van der Waals surface area contributed by atoms with Gasteiger partial charge in [-0.05, 0) is 51.4 Å². The molecular weight excluding hydrogens is 935 g/mol. The van der Waals surface area contributed by atoms with Gasteiger partial charge in [-0.25, -0.2) is 0 Å². The molecule has 6 nitrogen and oxygen atoms in total. The van der Waals surface area contributed by atoms with Crippen LogP contribution in [-0.4, -0.2) is 47.4 Å². The zero-order valence-electron chi connectivity index (χ0n) is 51.8. The van der Waals surface area contributed by atoms with Crippen molar-refractivity contribution in [1.82, 2.24) is 5.32 Å². The summed E-state index contributed by atoms with van der Waals surface area (Å²) in [5.74, 6) is -0.0298. The summed E-state index contributed by atoms with van der Waals surface area (Å²) in [7, 11) is 0. The second kappa shape index (κ2) is 66.1. The van der Waals surface area contributed by atoms with Crippen molar-refractivity contribution in [3.63, 3.8) is 0 Å². The Morgan fingerprint density at radius 2 is 0.618 bits per heavy atom. The molecule has 0 spiro atoms. The van der Waals surface area contributed by atoms with Crippen LogP contribution in [0, 0.1) is 0 Å². The van der Waals surface area contributed by atoms with Crippen LogP contribution in [0.3, 0.4) is 0 Å². The number of allylic oxidation sites excluding steroid dienone is 2. The SMILES string of the molecule is CCCCCCCCCCCCCCCCCCCCCCCC(O)C(CO)NC(=O)CCCCCCCCC/C=C\CCCCCCCCCCOC(=O)CCCCCCCCCCCCCCCCCCCCC. The molecule has 0 saturated heterocycles. The fraction of sp³-hybridized carbons (Fsp3) is 0.943. The van der Waals surface area contributed by atoms with E-state index < -0.39 is 12.1 Å². The Labute approximate surface area is 476 Å². The van der Waals surface area contributed by atoms with Crippen molar-refractivity contribution < 1.29 is 24.5 Å². The lowest BCUT2D eigenvalue weighted by Gasteiger charge is -2.22. The first-order valence-corrected chi connectivity index (χ1v) is 34.9. The third-order valence-electron chi connectivity index (χ3n) is 16.6. The van der Waals surface area contributed by atoms with E-state index >= 15 is 0 Å². The minimum atomic E-state index is -0.671. The van der Waals surface area contributed by atoms with Gasteiger partial charge in [0.25, 0.3) is 0 Å². The first kappa shape index (κ1) is 74.6. The molecule has 0 aromatic rings. The van der Waals surface area contributed by atoms with Gasteiger partial charge in [0, 0.05) is 12.8 Å². The molecule has 0 fully saturated rings. The third-order valence-corrected chi connectivity index (χ3v) is 16.6. The van der Waals surface area contributed by atoms with E-state index in [1.165, 1.54) is 327 Å². The van der Waals surface area contributed by atoms with Crippen molar-refractivity contribution >= 4 is 11.9 Å². The lowest BCUT2D eigenvalue weighted by atomic mass is 10.0. The van der Waals surface area contributed by atoms with Crippen LogP contribution in [0.15, 0.2) is 12.2 Å². The molecular formula is C70H137NO5. The Kier molecular flexibility index (Phi) is 64.9. The van der Waals surface area contributed by atoms with E-state index in [0.717, 1.165) is 38.5 Å². The molecule has 3 N–H and O–H groups in total. The zero-order chi connectivity index (χ0) is 55.0. The van der Waals surface area contributed by atoms with Gasteiger partial charge in [-0.15, -0.1) is 0 Å². The summed E-state index contributed by atoms with van der Waals surface area (Å²) >= 11 is 0. The molecule has 0 aromatic heterocycles. The van der Waals surface area contributed by atoms with Crippen LogP contribution in [0.2, 0.25) is 0 Å². The summed E-state index contributed by atoms with van der Waals surface area (Å²) in [5.41, 5.74) is 0. The highest BCUT2D eigenvalue weighted by Crippen LogP contribution is 2.19. The summed E-state index contributed by atoms with van der Waals surface area (Å²) in [4.78, 5) is 24.7. The Balaban J connectivity index is 3.41. The zero-order valence-corrected chi connectivity index (χ0v) is 51.8. The van der Waals surface area contributed by atoms with Crippen LogP contribution in [0.5, 0.6) is 0 Å². The van der Waals surface area contributed by atoms with Crippen molar-refractivity contribution in [3.8, 4) is 0 Å². The quantitative estimate of drug-likeness (QED) is 0.0320. The Morgan fingerprint density at radius 3 is 0.934 bits per heavy atom. The fourth-order valence-corrected chi connectivity index (χ4v) is 11.2. The van der Waals surface area contributed by atoms with E-state index in [-0.39, 0.29) is 18.5 Å². The van der Waals surface area contributed by atoms with E-state index in [4.69, 9.17) is 4.74 Å². The van der Waals surface area contributed by atoms with Crippen molar-refractivity contribution in [2.75, 3.05) is 13.2 Å². The first-order valence-electron chi connectivity index (χ1n) is 34.9. The van der Waals surface area contributed by atoms with Gasteiger partial charge in [0.05, 0.1) is 25.4 Å². The number of carbonyl (C=O) groups excluding carboxylic acids is 2. The van der Waals surface area contributed by atoms with Crippen LogP contribution in [0.25, 0.3) is 0 Å². The van der Waals surface area contributed by atoms with Crippen molar-refractivity contribution in [3.05, 3.63) is 12.2 Å². The molecule has 452 valence electrons. The highest BCUT2D eigenvalue weighted by atomic mass is 16.5. The summed E-state index contributed by atoms with van der Waals surface area (Å²) < 4.78 is 5.50. The number of hydrogen-bond acceptors (Lipinski definition) is 5.